The van der Waals surface area contributed by atoms with Crippen LogP contribution in [0.15, 0.2) is 41.7 Å². The molecule has 7 heteroatoms. The zero-order valence-corrected chi connectivity index (χ0v) is 11.1. The summed E-state index contributed by atoms with van der Waals surface area (Å²) in [5.74, 6) is 0. The number of pyridine rings is 1. The summed E-state index contributed by atoms with van der Waals surface area (Å²) in [4.78, 5) is 16.2. The number of hydrogen-bond acceptors (Lipinski definition) is 3. The van der Waals surface area contributed by atoms with Gasteiger partial charge in [0.2, 0.25) is 0 Å². The van der Waals surface area contributed by atoms with E-state index in [-0.39, 0.29) is 5.56 Å². The summed E-state index contributed by atoms with van der Waals surface area (Å²) in [6.45, 7) is 0.337. The summed E-state index contributed by atoms with van der Waals surface area (Å²) in [6.07, 6.45) is 6.52. The van der Waals surface area contributed by atoms with Crippen molar-refractivity contribution in [1.29, 1.82) is 0 Å². The lowest BCUT2D eigenvalue weighted by molar-refractivity contribution is 0.740. The average molecular weight is 295 g/mol. The smallest absolute Gasteiger partial charge is 0.276 e. The minimum absolute atomic E-state index is 0.133. The third-order valence-corrected chi connectivity index (χ3v) is 3.33. The van der Waals surface area contributed by atoms with Crippen LogP contribution in [0.2, 0.25) is 10.2 Å². The average Bonchev–Trinajstić information content (AvgIpc) is 2.85. The van der Waals surface area contributed by atoms with Gasteiger partial charge in [0, 0.05) is 24.2 Å². The molecule has 3 rings (SSSR count). The lowest BCUT2D eigenvalue weighted by atomic mass is 10.3. The Balaban J connectivity index is 2.05. The fourth-order valence-electron chi connectivity index (χ4n) is 1.82. The molecule has 0 aromatic carbocycles. The highest BCUT2D eigenvalue weighted by Crippen LogP contribution is 2.19. The van der Waals surface area contributed by atoms with Gasteiger partial charge in [0.05, 0.1) is 17.8 Å². The molecule has 0 aliphatic heterocycles. The number of fused-ring (bicyclic) bond motifs is 1. The Labute approximate surface area is 118 Å². The minimum Gasteiger partial charge on any atom is -0.308 e. The molecule has 0 bridgehead atoms. The van der Waals surface area contributed by atoms with E-state index in [1.807, 2.05) is 0 Å². The van der Waals surface area contributed by atoms with Crippen LogP contribution >= 0.6 is 23.2 Å². The zero-order valence-electron chi connectivity index (χ0n) is 9.62. The van der Waals surface area contributed by atoms with Gasteiger partial charge in [-0.05, 0) is 12.1 Å². The van der Waals surface area contributed by atoms with E-state index in [0.29, 0.717) is 22.2 Å². The van der Waals surface area contributed by atoms with E-state index in [1.54, 1.807) is 41.5 Å². The molecule has 0 unspecified atom stereocenters. The van der Waals surface area contributed by atoms with Crippen molar-refractivity contribution in [2.45, 2.75) is 6.54 Å². The summed E-state index contributed by atoms with van der Waals surface area (Å²) >= 11 is 11.8. The van der Waals surface area contributed by atoms with Gasteiger partial charge >= 0.3 is 0 Å². The van der Waals surface area contributed by atoms with Gasteiger partial charge in [-0.2, -0.15) is 5.10 Å². The van der Waals surface area contributed by atoms with Crippen LogP contribution in [0.1, 0.15) is 5.56 Å². The molecule has 0 saturated heterocycles. The Kier molecular flexibility index (Phi) is 3.00. The third kappa shape index (κ3) is 2.22. The first-order valence-corrected chi connectivity index (χ1v) is 6.23. The number of hydrogen-bond donors (Lipinski definition) is 0. The monoisotopic (exact) mass is 294 g/mol. The SMILES string of the molecule is O=c1c2ccnn2ccn1Cc1cnc(Cl)cc1Cl. The molecule has 3 heterocycles. The highest BCUT2D eigenvalue weighted by atomic mass is 35.5. The van der Waals surface area contributed by atoms with Crippen LogP contribution in [0.5, 0.6) is 0 Å². The first-order chi connectivity index (χ1) is 9.15. The quantitative estimate of drug-likeness (QED) is 0.681. The molecule has 0 N–H and O–H groups in total. The van der Waals surface area contributed by atoms with E-state index in [1.165, 1.54) is 4.52 Å². The summed E-state index contributed by atoms with van der Waals surface area (Å²) < 4.78 is 3.08. The Bertz CT molecular complexity index is 809. The first-order valence-electron chi connectivity index (χ1n) is 5.48. The summed E-state index contributed by atoms with van der Waals surface area (Å²) in [6, 6.07) is 3.22. The summed E-state index contributed by atoms with van der Waals surface area (Å²) in [5.41, 5.74) is 1.11. The Hall–Kier alpha value is -1.85. The summed E-state index contributed by atoms with van der Waals surface area (Å²) in [5, 5.41) is 4.82. The molecule has 0 spiro atoms. The zero-order chi connectivity index (χ0) is 13.4. The van der Waals surface area contributed by atoms with Gasteiger partial charge in [-0.3, -0.25) is 4.79 Å². The van der Waals surface area contributed by atoms with Crippen molar-refractivity contribution >= 4 is 28.7 Å². The van der Waals surface area contributed by atoms with E-state index in [2.05, 4.69) is 10.1 Å². The van der Waals surface area contributed by atoms with Crippen molar-refractivity contribution < 1.29 is 0 Å². The molecule has 0 aliphatic carbocycles. The highest BCUT2D eigenvalue weighted by Gasteiger charge is 2.07. The van der Waals surface area contributed by atoms with E-state index in [0.717, 1.165) is 5.56 Å². The molecular weight excluding hydrogens is 287 g/mol. The van der Waals surface area contributed by atoms with Gasteiger partial charge in [-0.25, -0.2) is 9.50 Å². The van der Waals surface area contributed by atoms with E-state index >= 15 is 0 Å². The summed E-state index contributed by atoms with van der Waals surface area (Å²) in [7, 11) is 0. The first kappa shape index (κ1) is 12.2. The van der Waals surface area contributed by atoms with Crippen LogP contribution in [0.3, 0.4) is 0 Å². The fraction of sp³-hybridized carbons (Fsp3) is 0.0833. The molecule has 3 aromatic heterocycles. The van der Waals surface area contributed by atoms with Crippen LogP contribution in [-0.2, 0) is 6.54 Å². The van der Waals surface area contributed by atoms with E-state index < -0.39 is 0 Å². The molecule has 0 radical (unpaired) electrons. The van der Waals surface area contributed by atoms with Crippen molar-refractivity contribution in [3.63, 3.8) is 0 Å². The molecule has 0 saturated carbocycles. The second-order valence-electron chi connectivity index (χ2n) is 3.99. The Morgan fingerprint density at radius 2 is 2.11 bits per heavy atom. The second kappa shape index (κ2) is 4.68. The molecule has 3 aromatic rings. The van der Waals surface area contributed by atoms with E-state index in [9.17, 15) is 4.79 Å². The third-order valence-electron chi connectivity index (χ3n) is 2.78. The van der Waals surface area contributed by atoms with Crippen molar-refractivity contribution in [2.75, 3.05) is 0 Å². The van der Waals surface area contributed by atoms with Crippen LogP contribution < -0.4 is 5.56 Å². The highest BCUT2D eigenvalue weighted by molar-refractivity contribution is 6.34. The van der Waals surface area contributed by atoms with Gasteiger partial charge in [0.15, 0.2) is 0 Å². The van der Waals surface area contributed by atoms with E-state index in [4.69, 9.17) is 23.2 Å². The topological polar surface area (TPSA) is 52.2 Å². The van der Waals surface area contributed by atoms with Gasteiger partial charge in [0.1, 0.15) is 10.7 Å². The molecular formula is C12H8Cl2N4O. The Morgan fingerprint density at radius 1 is 1.26 bits per heavy atom. The van der Waals surface area contributed by atoms with Crippen molar-refractivity contribution in [3.05, 3.63) is 63.0 Å². The predicted molar refractivity (Wildman–Crippen MR) is 72.8 cm³/mol. The predicted octanol–water partition coefficient (Wildman–Crippen LogP) is 2.25. The van der Waals surface area contributed by atoms with Crippen LogP contribution in [0, 0.1) is 0 Å². The maximum Gasteiger partial charge on any atom is 0.276 e. The molecule has 0 amide bonds. The normalized spacial score (nSPS) is 11.1. The van der Waals surface area contributed by atoms with Crippen molar-refractivity contribution in [1.82, 2.24) is 19.2 Å². The lowest BCUT2D eigenvalue weighted by Crippen LogP contribution is -2.22. The molecule has 0 fully saturated rings. The van der Waals surface area contributed by atoms with Gasteiger partial charge in [0.25, 0.3) is 5.56 Å². The van der Waals surface area contributed by atoms with Crippen LogP contribution in [0.25, 0.3) is 5.52 Å². The molecule has 0 atom stereocenters. The number of aromatic nitrogens is 4. The lowest BCUT2D eigenvalue weighted by Gasteiger charge is -2.07. The number of halogens is 2. The Morgan fingerprint density at radius 3 is 2.89 bits per heavy atom. The van der Waals surface area contributed by atoms with Crippen molar-refractivity contribution in [2.24, 2.45) is 0 Å². The molecule has 19 heavy (non-hydrogen) atoms. The maximum absolute atomic E-state index is 12.2. The van der Waals surface area contributed by atoms with Gasteiger partial charge in [-0.15, -0.1) is 0 Å². The largest absolute Gasteiger partial charge is 0.308 e. The standard InChI is InChI=1S/C12H8Cl2N4O/c13-9-5-11(14)15-6-8(9)7-17-3-4-18-10(12(17)19)1-2-16-18/h1-6H,7H2. The van der Waals surface area contributed by atoms with Crippen molar-refractivity contribution in [3.8, 4) is 0 Å². The molecule has 0 aliphatic rings. The fourth-order valence-corrected chi connectivity index (χ4v) is 2.25. The van der Waals surface area contributed by atoms with Crippen LogP contribution in [-0.4, -0.2) is 19.2 Å². The molecule has 5 nitrogen and oxygen atoms in total. The maximum atomic E-state index is 12.2. The van der Waals surface area contributed by atoms with Gasteiger partial charge in [-0.1, -0.05) is 23.2 Å². The molecule has 96 valence electrons. The number of nitrogens with zero attached hydrogens (tertiary/aromatic N) is 4. The minimum atomic E-state index is -0.133. The van der Waals surface area contributed by atoms with Gasteiger partial charge < -0.3 is 4.57 Å². The van der Waals surface area contributed by atoms with Crippen LogP contribution in [0.4, 0.5) is 0 Å². The second-order valence-corrected chi connectivity index (χ2v) is 4.79. The number of rotatable bonds is 2.